The zero-order chi connectivity index (χ0) is 10.6. The Morgan fingerprint density at radius 2 is 2.00 bits per heavy atom. The second-order valence-corrected chi connectivity index (χ2v) is 3.67. The molecule has 0 aromatic rings. The van der Waals surface area contributed by atoms with Crippen LogP contribution in [-0.4, -0.2) is 40.8 Å². The van der Waals surface area contributed by atoms with Gasteiger partial charge in [-0.1, -0.05) is 6.42 Å². The summed E-state index contributed by atoms with van der Waals surface area (Å²) in [4.78, 5) is 11.9. The smallest absolute Gasteiger partial charge is 0.411 e. The molecule has 1 aliphatic rings. The molecule has 1 saturated carbocycles. The van der Waals surface area contributed by atoms with Crippen LogP contribution < -0.4 is 0 Å². The summed E-state index contributed by atoms with van der Waals surface area (Å²) in [5.74, 6) is 0. The molecule has 0 aliphatic heterocycles. The van der Waals surface area contributed by atoms with Gasteiger partial charge in [0.15, 0.2) is 0 Å². The lowest BCUT2D eigenvalue weighted by molar-refractivity contribution is -0.144. The SMILES string of the molecule is COCN(C(=O)O)C1(O)CCCCC1. The van der Waals surface area contributed by atoms with E-state index in [2.05, 4.69) is 0 Å². The highest BCUT2D eigenvalue weighted by Gasteiger charge is 2.38. The summed E-state index contributed by atoms with van der Waals surface area (Å²) >= 11 is 0. The minimum Gasteiger partial charge on any atom is -0.465 e. The number of hydrogen-bond acceptors (Lipinski definition) is 3. The summed E-state index contributed by atoms with van der Waals surface area (Å²) in [6, 6.07) is 0. The lowest BCUT2D eigenvalue weighted by atomic mass is 9.91. The summed E-state index contributed by atoms with van der Waals surface area (Å²) in [7, 11) is 1.42. The average Bonchev–Trinajstić information content (AvgIpc) is 2.14. The Hall–Kier alpha value is -0.810. The maximum atomic E-state index is 10.9. The number of ether oxygens (including phenoxy) is 1. The molecule has 82 valence electrons. The van der Waals surface area contributed by atoms with E-state index < -0.39 is 11.8 Å². The molecule has 0 saturated heterocycles. The molecule has 1 fully saturated rings. The normalized spacial score (nSPS) is 20.4. The first kappa shape index (κ1) is 11.3. The van der Waals surface area contributed by atoms with Crippen LogP contribution in [0.3, 0.4) is 0 Å². The summed E-state index contributed by atoms with van der Waals surface area (Å²) in [6.07, 6.45) is 2.67. The summed E-state index contributed by atoms with van der Waals surface area (Å²) < 4.78 is 4.77. The van der Waals surface area contributed by atoms with Crippen LogP contribution in [0.15, 0.2) is 0 Å². The highest BCUT2D eigenvalue weighted by Crippen LogP contribution is 2.31. The van der Waals surface area contributed by atoms with Gasteiger partial charge in [0.25, 0.3) is 0 Å². The van der Waals surface area contributed by atoms with Gasteiger partial charge in [-0.15, -0.1) is 0 Å². The van der Waals surface area contributed by atoms with E-state index in [1.54, 1.807) is 0 Å². The molecule has 0 aromatic heterocycles. The number of carbonyl (C=O) groups is 1. The van der Waals surface area contributed by atoms with Crippen molar-refractivity contribution in [3.8, 4) is 0 Å². The highest BCUT2D eigenvalue weighted by atomic mass is 16.5. The lowest BCUT2D eigenvalue weighted by Crippen LogP contribution is -2.53. The van der Waals surface area contributed by atoms with Crippen LogP contribution in [0, 0.1) is 0 Å². The van der Waals surface area contributed by atoms with Gasteiger partial charge in [0.2, 0.25) is 0 Å². The number of aliphatic hydroxyl groups is 1. The van der Waals surface area contributed by atoms with E-state index in [4.69, 9.17) is 9.84 Å². The van der Waals surface area contributed by atoms with Gasteiger partial charge < -0.3 is 14.9 Å². The first-order valence-electron chi connectivity index (χ1n) is 4.82. The predicted octanol–water partition coefficient (Wildman–Crippen LogP) is 1.22. The molecular weight excluding hydrogens is 186 g/mol. The van der Waals surface area contributed by atoms with Crippen LogP contribution in [0.25, 0.3) is 0 Å². The molecule has 1 amide bonds. The molecule has 0 bridgehead atoms. The van der Waals surface area contributed by atoms with Gasteiger partial charge in [0.05, 0.1) is 0 Å². The standard InChI is InChI=1S/C9H17NO4/c1-14-7-10(8(11)12)9(13)5-3-2-4-6-9/h13H,2-7H2,1H3,(H,11,12). The average molecular weight is 203 g/mol. The maximum absolute atomic E-state index is 10.9. The van der Waals surface area contributed by atoms with Crippen molar-refractivity contribution in [2.45, 2.75) is 37.8 Å². The molecule has 5 nitrogen and oxygen atoms in total. The van der Waals surface area contributed by atoms with E-state index in [-0.39, 0.29) is 6.73 Å². The van der Waals surface area contributed by atoms with Crippen molar-refractivity contribution >= 4 is 6.09 Å². The fourth-order valence-corrected chi connectivity index (χ4v) is 1.87. The first-order chi connectivity index (χ1) is 6.60. The van der Waals surface area contributed by atoms with Crippen LogP contribution >= 0.6 is 0 Å². The molecule has 0 spiro atoms. The molecule has 2 N–H and O–H groups in total. The van der Waals surface area contributed by atoms with Crippen LogP contribution in [0.5, 0.6) is 0 Å². The summed E-state index contributed by atoms with van der Waals surface area (Å²) in [5, 5.41) is 19.0. The Labute approximate surface area is 83.3 Å². The Balaban J connectivity index is 2.68. The number of methoxy groups -OCH3 is 1. The molecule has 0 unspecified atom stereocenters. The third-order valence-corrected chi connectivity index (χ3v) is 2.65. The van der Waals surface area contributed by atoms with Crippen molar-refractivity contribution in [2.75, 3.05) is 13.8 Å². The van der Waals surface area contributed by atoms with Gasteiger partial charge in [-0.25, -0.2) is 4.79 Å². The van der Waals surface area contributed by atoms with Gasteiger partial charge in [-0.05, 0) is 25.7 Å². The molecule has 0 aromatic carbocycles. The van der Waals surface area contributed by atoms with Crippen molar-refractivity contribution in [1.82, 2.24) is 4.90 Å². The van der Waals surface area contributed by atoms with Gasteiger partial charge in [0, 0.05) is 7.11 Å². The van der Waals surface area contributed by atoms with E-state index >= 15 is 0 Å². The van der Waals surface area contributed by atoms with Gasteiger partial charge in [0.1, 0.15) is 12.5 Å². The minimum absolute atomic E-state index is 0.0775. The Bertz CT molecular complexity index is 201. The summed E-state index contributed by atoms with van der Waals surface area (Å²) in [5.41, 5.74) is -1.22. The monoisotopic (exact) mass is 203 g/mol. The minimum atomic E-state index is -1.22. The second kappa shape index (κ2) is 4.61. The quantitative estimate of drug-likeness (QED) is 0.677. The Morgan fingerprint density at radius 1 is 1.43 bits per heavy atom. The number of carboxylic acid groups (broad SMARTS) is 1. The molecule has 0 heterocycles. The van der Waals surface area contributed by atoms with E-state index in [1.807, 2.05) is 0 Å². The molecule has 14 heavy (non-hydrogen) atoms. The van der Waals surface area contributed by atoms with E-state index in [0.29, 0.717) is 12.8 Å². The fourth-order valence-electron chi connectivity index (χ4n) is 1.87. The molecular formula is C9H17NO4. The Kier molecular flexibility index (Phi) is 3.71. The van der Waals surface area contributed by atoms with Crippen LogP contribution in [0.1, 0.15) is 32.1 Å². The van der Waals surface area contributed by atoms with Gasteiger partial charge >= 0.3 is 6.09 Å². The largest absolute Gasteiger partial charge is 0.465 e. The molecule has 0 radical (unpaired) electrons. The molecule has 0 atom stereocenters. The molecule has 1 aliphatic carbocycles. The Morgan fingerprint density at radius 3 is 2.43 bits per heavy atom. The predicted molar refractivity (Wildman–Crippen MR) is 49.8 cm³/mol. The second-order valence-electron chi connectivity index (χ2n) is 3.67. The number of amides is 1. The van der Waals surface area contributed by atoms with E-state index in [1.165, 1.54) is 7.11 Å². The molecule has 5 heteroatoms. The lowest BCUT2D eigenvalue weighted by Gasteiger charge is -2.39. The van der Waals surface area contributed by atoms with Gasteiger partial charge in [-0.2, -0.15) is 0 Å². The number of nitrogens with zero attached hydrogens (tertiary/aromatic N) is 1. The van der Waals surface area contributed by atoms with Crippen molar-refractivity contribution in [3.63, 3.8) is 0 Å². The van der Waals surface area contributed by atoms with Crippen molar-refractivity contribution in [1.29, 1.82) is 0 Å². The summed E-state index contributed by atoms with van der Waals surface area (Å²) in [6.45, 7) is -0.0775. The van der Waals surface area contributed by atoms with Crippen LogP contribution in [-0.2, 0) is 4.74 Å². The first-order valence-corrected chi connectivity index (χ1v) is 4.82. The topological polar surface area (TPSA) is 70.0 Å². The van der Waals surface area contributed by atoms with Crippen LogP contribution in [0.2, 0.25) is 0 Å². The third kappa shape index (κ3) is 2.36. The number of rotatable bonds is 3. The highest BCUT2D eigenvalue weighted by molar-refractivity contribution is 5.65. The van der Waals surface area contributed by atoms with Crippen molar-refractivity contribution < 1.29 is 19.7 Å². The molecule has 1 rings (SSSR count). The van der Waals surface area contributed by atoms with Crippen LogP contribution in [0.4, 0.5) is 4.79 Å². The van der Waals surface area contributed by atoms with E-state index in [9.17, 15) is 9.90 Å². The fraction of sp³-hybridized carbons (Fsp3) is 0.889. The van der Waals surface area contributed by atoms with E-state index in [0.717, 1.165) is 24.2 Å². The maximum Gasteiger partial charge on any atom is 0.411 e. The zero-order valence-electron chi connectivity index (χ0n) is 8.40. The van der Waals surface area contributed by atoms with Crippen molar-refractivity contribution in [3.05, 3.63) is 0 Å². The third-order valence-electron chi connectivity index (χ3n) is 2.65. The zero-order valence-corrected chi connectivity index (χ0v) is 8.40. The van der Waals surface area contributed by atoms with Crippen molar-refractivity contribution in [2.24, 2.45) is 0 Å². The number of hydrogen-bond donors (Lipinski definition) is 2. The van der Waals surface area contributed by atoms with Gasteiger partial charge in [-0.3, -0.25) is 4.90 Å².